The van der Waals surface area contributed by atoms with Crippen molar-refractivity contribution < 1.29 is 4.79 Å². The molecular weight excluding hydrogens is 240 g/mol. The first kappa shape index (κ1) is 11.7. The minimum atomic E-state index is -0.0642. The fourth-order valence-corrected chi connectivity index (χ4v) is 1.82. The van der Waals surface area contributed by atoms with Gasteiger partial charge in [0.15, 0.2) is 5.78 Å². The van der Waals surface area contributed by atoms with Crippen LogP contribution in [0.3, 0.4) is 0 Å². The Kier molecular flexibility index (Phi) is 3.05. The summed E-state index contributed by atoms with van der Waals surface area (Å²) in [4.78, 5) is 11.7. The van der Waals surface area contributed by atoms with E-state index in [0.29, 0.717) is 0 Å². The SMILES string of the molecule is CC1(CBr)C=CC(=O)C(C(C)(C)C)=C1. The second-order valence-electron chi connectivity index (χ2n) is 5.15. The molecular formula is C12H17BrO. The Bertz CT molecular complexity index is 307. The van der Waals surface area contributed by atoms with Crippen molar-refractivity contribution in [3.63, 3.8) is 0 Å². The fourth-order valence-electron chi connectivity index (χ4n) is 1.47. The molecule has 0 fully saturated rings. The third-order valence-corrected chi connectivity index (χ3v) is 3.66. The number of allylic oxidation sites excluding steroid dienone is 4. The molecule has 0 aliphatic heterocycles. The lowest BCUT2D eigenvalue weighted by Gasteiger charge is -2.30. The Hall–Kier alpha value is -0.370. The first-order valence-corrected chi connectivity index (χ1v) is 5.93. The van der Waals surface area contributed by atoms with Gasteiger partial charge in [0.05, 0.1) is 0 Å². The van der Waals surface area contributed by atoms with E-state index >= 15 is 0 Å². The van der Waals surface area contributed by atoms with Crippen LogP contribution in [0.1, 0.15) is 27.7 Å². The molecule has 0 aromatic heterocycles. The summed E-state index contributed by atoms with van der Waals surface area (Å²) >= 11 is 3.47. The fraction of sp³-hybridized carbons (Fsp3) is 0.583. The Morgan fingerprint density at radius 1 is 1.43 bits per heavy atom. The van der Waals surface area contributed by atoms with Gasteiger partial charge in [-0.25, -0.2) is 0 Å². The topological polar surface area (TPSA) is 17.1 Å². The molecule has 0 aromatic carbocycles. The van der Waals surface area contributed by atoms with Gasteiger partial charge in [-0.1, -0.05) is 55.8 Å². The molecule has 0 heterocycles. The molecule has 0 saturated heterocycles. The van der Waals surface area contributed by atoms with Crippen molar-refractivity contribution in [2.75, 3.05) is 5.33 Å². The predicted molar refractivity (Wildman–Crippen MR) is 63.6 cm³/mol. The van der Waals surface area contributed by atoms with Crippen LogP contribution in [-0.2, 0) is 4.79 Å². The molecule has 1 atom stereocenters. The second-order valence-corrected chi connectivity index (χ2v) is 5.71. The van der Waals surface area contributed by atoms with Gasteiger partial charge >= 0.3 is 0 Å². The van der Waals surface area contributed by atoms with Gasteiger partial charge in [0.25, 0.3) is 0 Å². The Morgan fingerprint density at radius 3 is 2.43 bits per heavy atom. The van der Waals surface area contributed by atoms with Gasteiger partial charge in [0.2, 0.25) is 0 Å². The maximum atomic E-state index is 11.7. The van der Waals surface area contributed by atoms with Crippen LogP contribution in [0, 0.1) is 10.8 Å². The molecule has 0 amide bonds. The summed E-state index contributed by atoms with van der Waals surface area (Å²) in [6.07, 6.45) is 5.76. The molecule has 1 rings (SSSR count). The minimum Gasteiger partial charge on any atom is -0.290 e. The van der Waals surface area contributed by atoms with Gasteiger partial charge in [-0.3, -0.25) is 4.79 Å². The molecule has 1 aliphatic rings. The van der Waals surface area contributed by atoms with Crippen molar-refractivity contribution in [2.24, 2.45) is 10.8 Å². The van der Waals surface area contributed by atoms with Crippen LogP contribution in [0.25, 0.3) is 0 Å². The third kappa shape index (κ3) is 2.35. The number of carbonyl (C=O) groups is 1. The lowest BCUT2D eigenvalue weighted by Crippen LogP contribution is -2.25. The average Bonchev–Trinajstić information content (AvgIpc) is 2.08. The molecule has 1 aliphatic carbocycles. The lowest BCUT2D eigenvalue weighted by molar-refractivity contribution is -0.112. The number of halogens is 1. The maximum Gasteiger partial charge on any atom is 0.181 e. The normalized spacial score (nSPS) is 27.8. The van der Waals surface area contributed by atoms with Gasteiger partial charge in [0.1, 0.15) is 0 Å². The van der Waals surface area contributed by atoms with Crippen molar-refractivity contribution >= 4 is 21.7 Å². The molecule has 0 spiro atoms. The first-order chi connectivity index (χ1) is 6.28. The monoisotopic (exact) mass is 256 g/mol. The number of hydrogen-bond acceptors (Lipinski definition) is 1. The van der Waals surface area contributed by atoms with Crippen LogP contribution in [0.2, 0.25) is 0 Å². The molecule has 14 heavy (non-hydrogen) atoms. The summed E-state index contributed by atoms with van der Waals surface area (Å²) in [5, 5.41) is 0.851. The molecule has 1 unspecified atom stereocenters. The lowest BCUT2D eigenvalue weighted by atomic mass is 9.75. The largest absolute Gasteiger partial charge is 0.290 e. The molecule has 0 aromatic rings. The number of ketones is 1. The van der Waals surface area contributed by atoms with E-state index in [1.54, 1.807) is 6.08 Å². The van der Waals surface area contributed by atoms with Crippen molar-refractivity contribution in [3.8, 4) is 0 Å². The Balaban J connectivity index is 3.11. The summed E-state index contributed by atoms with van der Waals surface area (Å²) in [7, 11) is 0. The average molecular weight is 257 g/mol. The maximum absolute atomic E-state index is 11.7. The highest BCUT2D eigenvalue weighted by atomic mass is 79.9. The Morgan fingerprint density at radius 2 is 2.00 bits per heavy atom. The van der Waals surface area contributed by atoms with E-state index in [-0.39, 0.29) is 16.6 Å². The highest BCUT2D eigenvalue weighted by Crippen LogP contribution is 2.36. The van der Waals surface area contributed by atoms with Crippen LogP contribution in [0.5, 0.6) is 0 Å². The van der Waals surface area contributed by atoms with Crippen molar-refractivity contribution in [1.29, 1.82) is 0 Å². The predicted octanol–water partition coefficient (Wildman–Crippen LogP) is 3.50. The van der Waals surface area contributed by atoms with Crippen molar-refractivity contribution in [1.82, 2.24) is 0 Å². The number of hydrogen-bond donors (Lipinski definition) is 0. The van der Waals surface area contributed by atoms with Crippen LogP contribution in [0.15, 0.2) is 23.8 Å². The highest BCUT2D eigenvalue weighted by Gasteiger charge is 2.30. The summed E-state index contributed by atoms with van der Waals surface area (Å²) in [5.74, 6) is 0.149. The van der Waals surface area contributed by atoms with Gasteiger partial charge < -0.3 is 0 Å². The van der Waals surface area contributed by atoms with Gasteiger partial charge in [-0.15, -0.1) is 0 Å². The molecule has 78 valence electrons. The van der Waals surface area contributed by atoms with E-state index in [9.17, 15) is 4.79 Å². The van der Waals surface area contributed by atoms with Crippen LogP contribution in [-0.4, -0.2) is 11.1 Å². The van der Waals surface area contributed by atoms with Gasteiger partial charge in [-0.2, -0.15) is 0 Å². The van der Waals surface area contributed by atoms with Crippen LogP contribution in [0.4, 0.5) is 0 Å². The van der Waals surface area contributed by atoms with Gasteiger partial charge in [0, 0.05) is 16.3 Å². The zero-order valence-corrected chi connectivity index (χ0v) is 10.8. The zero-order valence-electron chi connectivity index (χ0n) is 9.23. The summed E-state index contributed by atoms with van der Waals surface area (Å²) in [5.41, 5.74) is 0.837. The molecule has 1 nitrogen and oxygen atoms in total. The van der Waals surface area contributed by atoms with E-state index in [4.69, 9.17) is 0 Å². The summed E-state index contributed by atoms with van der Waals surface area (Å²) in [6.45, 7) is 8.34. The number of carbonyl (C=O) groups excluding carboxylic acids is 1. The number of alkyl halides is 1. The van der Waals surface area contributed by atoms with E-state index < -0.39 is 0 Å². The van der Waals surface area contributed by atoms with Crippen molar-refractivity contribution in [2.45, 2.75) is 27.7 Å². The summed E-state index contributed by atoms with van der Waals surface area (Å²) in [6, 6.07) is 0. The molecule has 2 heteroatoms. The number of rotatable bonds is 1. The third-order valence-electron chi connectivity index (χ3n) is 2.45. The smallest absolute Gasteiger partial charge is 0.181 e. The minimum absolute atomic E-state index is 0.0173. The summed E-state index contributed by atoms with van der Waals surface area (Å²) < 4.78 is 0. The molecule has 0 saturated carbocycles. The van der Waals surface area contributed by atoms with Gasteiger partial charge in [-0.05, 0) is 11.5 Å². The van der Waals surface area contributed by atoms with E-state index in [1.807, 2.05) is 6.08 Å². The standard InChI is InChI=1S/C12H17BrO/c1-11(2,3)9-7-12(4,8-13)6-5-10(9)14/h5-7H,8H2,1-4H3. The molecule has 0 bridgehead atoms. The van der Waals surface area contributed by atoms with E-state index in [1.165, 1.54) is 0 Å². The second kappa shape index (κ2) is 3.65. The quantitative estimate of drug-likeness (QED) is 0.657. The van der Waals surface area contributed by atoms with Crippen molar-refractivity contribution in [3.05, 3.63) is 23.8 Å². The first-order valence-electron chi connectivity index (χ1n) is 4.81. The van der Waals surface area contributed by atoms with E-state index in [2.05, 4.69) is 49.7 Å². The Labute approximate surface area is 94.4 Å². The molecule has 0 radical (unpaired) electrons. The zero-order chi connectivity index (χ0) is 11.0. The van der Waals surface area contributed by atoms with Crippen LogP contribution < -0.4 is 0 Å². The highest BCUT2D eigenvalue weighted by molar-refractivity contribution is 9.09. The van der Waals surface area contributed by atoms with E-state index in [0.717, 1.165) is 10.9 Å². The molecule has 0 N–H and O–H groups in total. The van der Waals surface area contributed by atoms with Crippen LogP contribution >= 0.6 is 15.9 Å².